The van der Waals surface area contributed by atoms with Gasteiger partial charge in [-0.25, -0.2) is 0 Å². The van der Waals surface area contributed by atoms with Crippen molar-refractivity contribution in [1.82, 2.24) is 15.5 Å². The molecule has 5 nitrogen and oxygen atoms in total. The van der Waals surface area contributed by atoms with Crippen LogP contribution >= 0.6 is 0 Å². The summed E-state index contributed by atoms with van der Waals surface area (Å²) in [5.41, 5.74) is -0.620. The van der Waals surface area contributed by atoms with E-state index in [-0.39, 0.29) is 36.4 Å². The largest absolute Gasteiger partial charge is 0.416 e. The van der Waals surface area contributed by atoms with Gasteiger partial charge in [0.2, 0.25) is 11.8 Å². The van der Waals surface area contributed by atoms with Gasteiger partial charge in [0.1, 0.15) is 0 Å². The van der Waals surface area contributed by atoms with Crippen molar-refractivity contribution in [2.24, 2.45) is 0 Å². The lowest BCUT2D eigenvalue weighted by atomic mass is 10.0. The first-order valence-electron chi connectivity index (χ1n) is 8.14. The molecule has 1 atom stereocenters. The molecule has 0 bridgehead atoms. The summed E-state index contributed by atoms with van der Waals surface area (Å²) in [6, 6.07) is 4.45. The van der Waals surface area contributed by atoms with E-state index < -0.39 is 17.8 Å². The number of nitrogens with zero attached hydrogens (tertiary/aromatic N) is 1. The number of amides is 2. The number of hydrogen-bond donors (Lipinski definition) is 2. The molecule has 0 unspecified atom stereocenters. The summed E-state index contributed by atoms with van der Waals surface area (Å²) in [5.74, 6) is -0.638. The third-order valence-electron chi connectivity index (χ3n) is 3.97. The quantitative estimate of drug-likeness (QED) is 0.846. The van der Waals surface area contributed by atoms with Crippen LogP contribution in [0.15, 0.2) is 24.3 Å². The maximum Gasteiger partial charge on any atom is 0.416 e. The van der Waals surface area contributed by atoms with Gasteiger partial charge in [0, 0.05) is 25.7 Å². The Hall–Kier alpha value is -2.09. The van der Waals surface area contributed by atoms with Gasteiger partial charge < -0.3 is 10.6 Å². The molecule has 0 spiro atoms. The fourth-order valence-electron chi connectivity index (χ4n) is 2.88. The van der Waals surface area contributed by atoms with Gasteiger partial charge in [0.05, 0.1) is 18.0 Å². The van der Waals surface area contributed by atoms with E-state index in [1.807, 2.05) is 0 Å². The second kappa shape index (κ2) is 7.86. The summed E-state index contributed by atoms with van der Waals surface area (Å²) in [6.07, 6.45) is -4.54. The number of carbonyl (C=O) groups excluding carboxylic acids is 2. The zero-order chi connectivity index (χ0) is 18.6. The Labute approximate surface area is 144 Å². The van der Waals surface area contributed by atoms with Gasteiger partial charge >= 0.3 is 6.18 Å². The molecule has 0 aliphatic carbocycles. The van der Waals surface area contributed by atoms with Gasteiger partial charge in [-0.3, -0.25) is 14.5 Å². The van der Waals surface area contributed by atoms with Gasteiger partial charge in [-0.15, -0.1) is 0 Å². The van der Waals surface area contributed by atoms with Crippen molar-refractivity contribution in [2.75, 3.05) is 13.1 Å². The minimum Gasteiger partial charge on any atom is -0.354 e. The Bertz CT molecular complexity index is 632. The number of carbonyl (C=O) groups is 2. The molecule has 25 heavy (non-hydrogen) atoms. The van der Waals surface area contributed by atoms with Gasteiger partial charge in [0.25, 0.3) is 0 Å². The maximum atomic E-state index is 13.2. The van der Waals surface area contributed by atoms with Gasteiger partial charge in [-0.2, -0.15) is 13.2 Å². The Morgan fingerprint density at radius 3 is 2.68 bits per heavy atom. The highest BCUT2D eigenvalue weighted by atomic mass is 19.4. The molecule has 138 valence electrons. The highest BCUT2D eigenvalue weighted by Gasteiger charge is 2.36. The van der Waals surface area contributed by atoms with Crippen molar-refractivity contribution < 1.29 is 22.8 Å². The van der Waals surface area contributed by atoms with E-state index >= 15 is 0 Å². The normalized spacial score (nSPS) is 19.0. The summed E-state index contributed by atoms with van der Waals surface area (Å²) < 4.78 is 39.5. The first-order chi connectivity index (χ1) is 11.7. The smallest absolute Gasteiger partial charge is 0.354 e. The summed E-state index contributed by atoms with van der Waals surface area (Å²) in [6.45, 7) is 4.29. The van der Waals surface area contributed by atoms with E-state index in [4.69, 9.17) is 0 Å². The average molecular weight is 357 g/mol. The summed E-state index contributed by atoms with van der Waals surface area (Å²) in [7, 11) is 0. The van der Waals surface area contributed by atoms with Crippen LogP contribution in [0.2, 0.25) is 0 Å². The molecule has 1 aromatic rings. The van der Waals surface area contributed by atoms with Gasteiger partial charge in [0.15, 0.2) is 0 Å². The predicted octanol–water partition coefficient (Wildman–Crippen LogP) is 1.92. The molecule has 1 aromatic carbocycles. The Kier molecular flexibility index (Phi) is 6.05. The van der Waals surface area contributed by atoms with Crippen LogP contribution in [0.1, 0.15) is 31.4 Å². The highest BCUT2D eigenvalue weighted by molar-refractivity contribution is 5.88. The fourth-order valence-corrected chi connectivity index (χ4v) is 2.88. The van der Waals surface area contributed by atoms with Crippen LogP contribution < -0.4 is 10.6 Å². The lowest BCUT2D eigenvalue weighted by molar-refractivity contribution is -0.139. The van der Waals surface area contributed by atoms with E-state index in [2.05, 4.69) is 10.6 Å². The van der Waals surface area contributed by atoms with Crippen molar-refractivity contribution in [2.45, 2.75) is 45.1 Å². The third-order valence-corrected chi connectivity index (χ3v) is 3.97. The summed E-state index contributed by atoms with van der Waals surface area (Å²) in [5, 5.41) is 5.37. The van der Waals surface area contributed by atoms with Crippen molar-refractivity contribution >= 4 is 11.8 Å². The molecule has 2 N–H and O–H groups in total. The minimum absolute atomic E-state index is 0.0390. The standard InChI is InChI=1S/C17H22F3N3O2/c1-11(2)22-15(24)9-14-16(25)21-7-8-23(14)10-12-5-3-4-6-13(12)17(18,19)20/h3-6,11,14H,7-10H2,1-2H3,(H,21,25)(H,22,24)/t14-/m0/s1. The molecule has 1 aliphatic rings. The molecule has 1 aliphatic heterocycles. The van der Waals surface area contributed by atoms with E-state index in [9.17, 15) is 22.8 Å². The van der Waals surface area contributed by atoms with Crippen molar-refractivity contribution in [3.63, 3.8) is 0 Å². The second-order valence-electron chi connectivity index (χ2n) is 6.36. The van der Waals surface area contributed by atoms with E-state index in [0.717, 1.165) is 6.07 Å². The predicted molar refractivity (Wildman–Crippen MR) is 86.5 cm³/mol. The van der Waals surface area contributed by atoms with Crippen LogP contribution in [0, 0.1) is 0 Å². The van der Waals surface area contributed by atoms with Crippen molar-refractivity contribution in [3.05, 3.63) is 35.4 Å². The number of hydrogen-bond acceptors (Lipinski definition) is 3. The van der Waals surface area contributed by atoms with Crippen LogP contribution in [0.5, 0.6) is 0 Å². The monoisotopic (exact) mass is 357 g/mol. The van der Waals surface area contributed by atoms with E-state index in [1.54, 1.807) is 18.7 Å². The molecular weight excluding hydrogens is 335 g/mol. The van der Waals surface area contributed by atoms with E-state index in [1.165, 1.54) is 18.2 Å². The zero-order valence-corrected chi connectivity index (χ0v) is 14.2. The fraction of sp³-hybridized carbons (Fsp3) is 0.529. The van der Waals surface area contributed by atoms with Crippen molar-refractivity contribution in [3.8, 4) is 0 Å². The van der Waals surface area contributed by atoms with E-state index in [0.29, 0.717) is 13.1 Å². The number of benzene rings is 1. The molecule has 1 fully saturated rings. The topological polar surface area (TPSA) is 61.4 Å². The molecule has 8 heteroatoms. The molecule has 0 radical (unpaired) electrons. The number of alkyl halides is 3. The first kappa shape index (κ1) is 19.2. The molecule has 0 aromatic heterocycles. The molecule has 2 rings (SSSR count). The van der Waals surface area contributed by atoms with Crippen LogP contribution in [0.4, 0.5) is 13.2 Å². The molecule has 1 saturated heterocycles. The highest BCUT2D eigenvalue weighted by Crippen LogP contribution is 2.32. The molecule has 0 saturated carbocycles. The summed E-state index contributed by atoms with van der Waals surface area (Å²) >= 11 is 0. The Morgan fingerprint density at radius 2 is 2.04 bits per heavy atom. The molecule has 2 amide bonds. The Morgan fingerprint density at radius 1 is 1.36 bits per heavy atom. The van der Waals surface area contributed by atoms with Crippen LogP contribution in [0.25, 0.3) is 0 Å². The van der Waals surface area contributed by atoms with Crippen LogP contribution in [-0.2, 0) is 22.3 Å². The Balaban J connectivity index is 2.18. The first-order valence-corrected chi connectivity index (χ1v) is 8.14. The van der Waals surface area contributed by atoms with Crippen molar-refractivity contribution in [1.29, 1.82) is 0 Å². The average Bonchev–Trinajstić information content (AvgIpc) is 2.49. The lowest BCUT2D eigenvalue weighted by Crippen LogP contribution is -2.56. The summed E-state index contributed by atoms with van der Waals surface area (Å²) in [4.78, 5) is 25.8. The van der Waals surface area contributed by atoms with Crippen LogP contribution in [0.3, 0.4) is 0 Å². The molecule has 1 heterocycles. The zero-order valence-electron chi connectivity index (χ0n) is 14.2. The number of halogens is 3. The molecular formula is C17H22F3N3O2. The number of piperazine rings is 1. The SMILES string of the molecule is CC(C)NC(=O)C[C@H]1C(=O)NCCN1Cc1ccccc1C(F)(F)F. The van der Waals surface area contributed by atoms with Gasteiger partial charge in [-0.05, 0) is 25.5 Å². The van der Waals surface area contributed by atoms with Crippen LogP contribution in [-0.4, -0.2) is 41.9 Å². The van der Waals surface area contributed by atoms with Gasteiger partial charge in [-0.1, -0.05) is 18.2 Å². The maximum absolute atomic E-state index is 13.2. The third kappa shape index (κ3) is 5.19. The minimum atomic E-state index is -4.46. The lowest BCUT2D eigenvalue weighted by Gasteiger charge is -2.35. The number of nitrogens with one attached hydrogen (secondary N) is 2. The number of rotatable bonds is 5. The second-order valence-corrected chi connectivity index (χ2v) is 6.36.